The molecule has 2 amide bonds. The monoisotopic (exact) mass is 298 g/mol. The second-order valence-corrected chi connectivity index (χ2v) is 5.46. The number of benzene rings is 1. The molecule has 1 unspecified atom stereocenters. The number of nitrogens with zero attached hydrogens (tertiary/aromatic N) is 2. The zero-order valence-electron chi connectivity index (χ0n) is 12.4. The number of amides is 2. The minimum Gasteiger partial charge on any atom is -0.348 e. The topological polar surface area (TPSA) is 76.0 Å². The lowest BCUT2D eigenvalue weighted by atomic mass is 9.98. The largest absolute Gasteiger partial charge is 0.348 e. The van der Waals surface area contributed by atoms with Crippen LogP contribution in [0.2, 0.25) is 0 Å². The van der Waals surface area contributed by atoms with E-state index < -0.39 is 0 Å². The van der Waals surface area contributed by atoms with Gasteiger partial charge in [0.15, 0.2) is 0 Å². The molecule has 3 rings (SSSR count). The van der Waals surface area contributed by atoms with E-state index in [-0.39, 0.29) is 24.4 Å². The fraction of sp³-hybridized carbons (Fsp3) is 0.312. The average Bonchev–Trinajstić information content (AvgIpc) is 2.99. The Balaban J connectivity index is 1.66. The lowest BCUT2D eigenvalue weighted by molar-refractivity contribution is -0.122. The van der Waals surface area contributed by atoms with Crippen LogP contribution in [-0.4, -0.2) is 21.6 Å². The first-order valence-corrected chi connectivity index (χ1v) is 7.31. The Morgan fingerprint density at radius 3 is 3.09 bits per heavy atom. The summed E-state index contributed by atoms with van der Waals surface area (Å²) in [6.07, 6.45) is 4.65. The van der Waals surface area contributed by atoms with E-state index in [4.69, 9.17) is 0 Å². The highest BCUT2D eigenvalue weighted by molar-refractivity contribution is 5.93. The molecule has 6 heteroatoms. The van der Waals surface area contributed by atoms with Gasteiger partial charge in [-0.1, -0.05) is 12.1 Å². The van der Waals surface area contributed by atoms with Gasteiger partial charge in [-0.25, -0.2) is 0 Å². The molecule has 22 heavy (non-hydrogen) atoms. The summed E-state index contributed by atoms with van der Waals surface area (Å²) in [6, 6.07) is 7.58. The van der Waals surface area contributed by atoms with Gasteiger partial charge >= 0.3 is 0 Å². The Morgan fingerprint density at radius 2 is 2.32 bits per heavy atom. The van der Waals surface area contributed by atoms with E-state index >= 15 is 0 Å². The van der Waals surface area contributed by atoms with Crippen LogP contribution in [0.15, 0.2) is 36.7 Å². The molecule has 0 saturated carbocycles. The van der Waals surface area contributed by atoms with Gasteiger partial charge in [-0.15, -0.1) is 0 Å². The Labute approximate surface area is 128 Å². The Hall–Kier alpha value is -2.63. The second kappa shape index (κ2) is 6.01. The van der Waals surface area contributed by atoms with E-state index in [1.54, 1.807) is 23.1 Å². The zero-order chi connectivity index (χ0) is 15.5. The van der Waals surface area contributed by atoms with Crippen molar-refractivity contribution in [3.05, 3.63) is 47.8 Å². The first-order valence-electron chi connectivity index (χ1n) is 7.31. The summed E-state index contributed by atoms with van der Waals surface area (Å²) in [4.78, 5) is 23.4. The van der Waals surface area contributed by atoms with E-state index in [2.05, 4.69) is 15.7 Å². The SMILES string of the molecule is CC(NC(=O)Cn1cccn1)c1ccc2c(c1)CCC(=O)N2. The van der Waals surface area contributed by atoms with Crippen LogP contribution < -0.4 is 10.6 Å². The normalized spacial score (nSPS) is 14.9. The molecular weight excluding hydrogens is 280 g/mol. The zero-order valence-corrected chi connectivity index (χ0v) is 12.4. The van der Waals surface area contributed by atoms with Crippen molar-refractivity contribution in [2.75, 3.05) is 5.32 Å². The summed E-state index contributed by atoms with van der Waals surface area (Å²) in [6.45, 7) is 2.16. The Kier molecular flexibility index (Phi) is 3.91. The van der Waals surface area contributed by atoms with Gasteiger partial charge in [0.25, 0.3) is 0 Å². The van der Waals surface area contributed by atoms with E-state index in [1.807, 2.05) is 25.1 Å². The van der Waals surface area contributed by atoms with Gasteiger partial charge < -0.3 is 10.6 Å². The number of hydrogen-bond donors (Lipinski definition) is 2. The van der Waals surface area contributed by atoms with Gasteiger partial charge in [-0.3, -0.25) is 14.3 Å². The standard InChI is InChI=1S/C16H18N4O2/c1-11(18-16(22)10-20-8-2-7-17-20)12-3-5-14-13(9-12)4-6-15(21)19-14/h2-3,5,7-9,11H,4,6,10H2,1H3,(H,18,22)(H,19,21). The minimum absolute atomic E-state index is 0.0563. The average molecular weight is 298 g/mol. The predicted molar refractivity (Wildman–Crippen MR) is 82.2 cm³/mol. The Morgan fingerprint density at radius 1 is 1.45 bits per heavy atom. The number of anilines is 1. The summed E-state index contributed by atoms with van der Waals surface area (Å²) in [5, 5.41) is 9.84. The Bertz CT molecular complexity index is 694. The van der Waals surface area contributed by atoms with Crippen LogP contribution in [0.5, 0.6) is 0 Å². The molecular formula is C16H18N4O2. The third kappa shape index (κ3) is 3.16. The van der Waals surface area contributed by atoms with Gasteiger partial charge in [-0.2, -0.15) is 5.10 Å². The van der Waals surface area contributed by atoms with E-state index in [9.17, 15) is 9.59 Å². The van der Waals surface area contributed by atoms with Crippen molar-refractivity contribution in [1.82, 2.24) is 15.1 Å². The van der Waals surface area contributed by atoms with E-state index in [1.165, 1.54) is 0 Å². The highest BCUT2D eigenvalue weighted by Gasteiger charge is 2.17. The van der Waals surface area contributed by atoms with Crippen LogP contribution in [0.25, 0.3) is 0 Å². The second-order valence-electron chi connectivity index (χ2n) is 5.46. The maximum Gasteiger partial charge on any atom is 0.242 e. The van der Waals surface area contributed by atoms with Crippen LogP contribution in [0.1, 0.15) is 30.5 Å². The summed E-state index contributed by atoms with van der Waals surface area (Å²) < 4.78 is 1.59. The lowest BCUT2D eigenvalue weighted by Gasteiger charge is -2.20. The predicted octanol–water partition coefficient (Wildman–Crippen LogP) is 1.65. The molecule has 6 nitrogen and oxygen atoms in total. The number of carbonyl (C=O) groups excluding carboxylic acids is 2. The molecule has 1 aromatic heterocycles. The van der Waals surface area contributed by atoms with Crippen LogP contribution in [0.4, 0.5) is 5.69 Å². The molecule has 0 fully saturated rings. The molecule has 1 aromatic carbocycles. The molecule has 0 spiro atoms. The number of aryl methyl sites for hydroxylation is 1. The molecule has 2 N–H and O–H groups in total. The summed E-state index contributed by atoms with van der Waals surface area (Å²) >= 11 is 0. The number of carbonyl (C=O) groups is 2. The third-order valence-corrected chi connectivity index (χ3v) is 3.77. The maximum absolute atomic E-state index is 12.0. The van der Waals surface area contributed by atoms with Crippen LogP contribution in [0.3, 0.4) is 0 Å². The number of rotatable bonds is 4. The van der Waals surface area contributed by atoms with Crippen molar-refractivity contribution in [2.24, 2.45) is 0 Å². The number of nitrogens with one attached hydrogen (secondary N) is 2. The van der Waals surface area contributed by atoms with Crippen LogP contribution in [-0.2, 0) is 22.6 Å². The molecule has 0 radical (unpaired) electrons. The number of hydrogen-bond acceptors (Lipinski definition) is 3. The fourth-order valence-electron chi connectivity index (χ4n) is 2.58. The maximum atomic E-state index is 12.0. The lowest BCUT2D eigenvalue weighted by Crippen LogP contribution is -2.30. The van der Waals surface area contributed by atoms with Gasteiger partial charge in [0.2, 0.25) is 11.8 Å². The molecule has 1 aliphatic heterocycles. The van der Waals surface area contributed by atoms with Gasteiger partial charge in [0.1, 0.15) is 6.54 Å². The molecule has 2 aromatic rings. The van der Waals surface area contributed by atoms with Gasteiger partial charge in [0.05, 0.1) is 6.04 Å². The van der Waals surface area contributed by atoms with E-state index in [0.717, 1.165) is 23.2 Å². The summed E-state index contributed by atoms with van der Waals surface area (Å²) in [5.41, 5.74) is 3.02. The third-order valence-electron chi connectivity index (χ3n) is 3.77. The molecule has 1 aliphatic rings. The van der Waals surface area contributed by atoms with Crippen LogP contribution in [0, 0.1) is 0 Å². The van der Waals surface area contributed by atoms with Crippen molar-refractivity contribution in [3.63, 3.8) is 0 Å². The number of fused-ring (bicyclic) bond motifs is 1. The van der Waals surface area contributed by atoms with Crippen molar-refractivity contribution in [3.8, 4) is 0 Å². The number of aromatic nitrogens is 2. The molecule has 1 atom stereocenters. The molecule has 0 bridgehead atoms. The summed E-state index contributed by atoms with van der Waals surface area (Å²) in [7, 11) is 0. The molecule has 0 aliphatic carbocycles. The fourth-order valence-corrected chi connectivity index (χ4v) is 2.58. The molecule has 114 valence electrons. The van der Waals surface area contributed by atoms with E-state index in [0.29, 0.717) is 6.42 Å². The van der Waals surface area contributed by atoms with Gasteiger partial charge in [0, 0.05) is 24.5 Å². The van der Waals surface area contributed by atoms with Crippen LogP contribution >= 0.6 is 0 Å². The smallest absolute Gasteiger partial charge is 0.242 e. The molecule has 0 saturated heterocycles. The quantitative estimate of drug-likeness (QED) is 0.901. The molecule has 2 heterocycles. The van der Waals surface area contributed by atoms with Crippen molar-refractivity contribution in [2.45, 2.75) is 32.4 Å². The van der Waals surface area contributed by atoms with Crippen molar-refractivity contribution < 1.29 is 9.59 Å². The van der Waals surface area contributed by atoms with Crippen molar-refractivity contribution in [1.29, 1.82) is 0 Å². The highest BCUT2D eigenvalue weighted by Crippen LogP contribution is 2.26. The minimum atomic E-state index is -0.0917. The van der Waals surface area contributed by atoms with Crippen molar-refractivity contribution >= 4 is 17.5 Å². The first-order chi connectivity index (χ1) is 10.6. The highest BCUT2D eigenvalue weighted by atomic mass is 16.2. The first kappa shape index (κ1) is 14.3. The summed E-state index contributed by atoms with van der Waals surface area (Å²) in [5.74, 6) is -0.0250. The van der Waals surface area contributed by atoms with Gasteiger partial charge in [-0.05, 0) is 36.6 Å².